The van der Waals surface area contributed by atoms with Crippen molar-refractivity contribution in [1.82, 2.24) is 0 Å². The molecule has 0 saturated carbocycles. The van der Waals surface area contributed by atoms with Crippen LogP contribution in [0.15, 0.2) is 42.5 Å². The minimum absolute atomic E-state index is 0.223. The van der Waals surface area contributed by atoms with E-state index in [1.54, 1.807) is 0 Å². The van der Waals surface area contributed by atoms with Crippen molar-refractivity contribution in [3.63, 3.8) is 0 Å². The van der Waals surface area contributed by atoms with Crippen molar-refractivity contribution in [2.45, 2.75) is 81.1 Å². The smallest absolute Gasteiger partial charge is 0.0103 e. The Kier molecular flexibility index (Phi) is 6.91. The normalized spacial score (nSPS) is 15.2. The van der Waals surface area contributed by atoms with E-state index < -0.39 is 0 Å². The number of hydrogen-bond acceptors (Lipinski definition) is 0. The molecule has 0 bridgehead atoms. The zero-order valence-electron chi connectivity index (χ0n) is 17.6. The molecule has 0 N–H and O–H groups in total. The number of benzene rings is 1. The van der Waals surface area contributed by atoms with Gasteiger partial charge in [0.05, 0.1) is 0 Å². The average Bonchev–Trinajstić information content (AvgIpc) is 2.43. The van der Waals surface area contributed by atoms with E-state index in [0.717, 1.165) is 6.42 Å². The quantitative estimate of drug-likeness (QED) is 0.447. The van der Waals surface area contributed by atoms with Gasteiger partial charge in [-0.1, -0.05) is 105 Å². The first-order chi connectivity index (χ1) is 10.9. The third kappa shape index (κ3) is 5.80. The summed E-state index contributed by atoms with van der Waals surface area (Å²) in [4.78, 5) is 0. The zero-order chi connectivity index (χ0) is 18.6. The summed E-state index contributed by atoms with van der Waals surface area (Å²) in [6.07, 6.45) is 7.13. The van der Waals surface area contributed by atoms with Gasteiger partial charge in [-0.3, -0.25) is 0 Å². The summed E-state index contributed by atoms with van der Waals surface area (Å²) in [5, 5.41) is 0. The van der Waals surface area contributed by atoms with Crippen LogP contribution in [-0.2, 0) is 0 Å². The van der Waals surface area contributed by atoms with E-state index in [-0.39, 0.29) is 16.2 Å². The number of rotatable bonds is 7. The van der Waals surface area contributed by atoms with Gasteiger partial charge in [-0.05, 0) is 46.5 Å². The molecule has 1 rings (SSSR count). The molecule has 1 aromatic rings. The van der Waals surface area contributed by atoms with Gasteiger partial charge >= 0.3 is 0 Å². The third-order valence-electron chi connectivity index (χ3n) is 5.77. The second kappa shape index (κ2) is 7.89. The van der Waals surface area contributed by atoms with Crippen LogP contribution in [0, 0.1) is 22.2 Å². The van der Waals surface area contributed by atoms with Crippen LogP contribution in [-0.4, -0.2) is 0 Å². The van der Waals surface area contributed by atoms with Gasteiger partial charge < -0.3 is 0 Å². The monoisotopic (exact) mass is 328 g/mol. The van der Waals surface area contributed by atoms with Gasteiger partial charge in [-0.15, -0.1) is 0 Å². The summed E-state index contributed by atoms with van der Waals surface area (Å²) in [6, 6.07) is 11.1. The lowest BCUT2D eigenvalue weighted by Gasteiger charge is -2.48. The van der Waals surface area contributed by atoms with Crippen molar-refractivity contribution < 1.29 is 0 Å². The summed E-state index contributed by atoms with van der Waals surface area (Å²) in [5.41, 5.74) is 2.21. The highest BCUT2D eigenvalue weighted by atomic mass is 14.5. The molecule has 0 heteroatoms. The van der Waals surface area contributed by atoms with E-state index in [0.29, 0.717) is 11.8 Å². The maximum absolute atomic E-state index is 2.47. The van der Waals surface area contributed by atoms with Crippen LogP contribution in [0.2, 0.25) is 0 Å². The van der Waals surface area contributed by atoms with Crippen molar-refractivity contribution in [1.29, 1.82) is 0 Å². The topological polar surface area (TPSA) is 0 Å². The highest BCUT2D eigenvalue weighted by molar-refractivity contribution is 5.23. The van der Waals surface area contributed by atoms with Gasteiger partial charge in [0.1, 0.15) is 0 Å². The maximum Gasteiger partial charge on any atom is -0.0103 e. The molecule has 0 radical (unpaired) electrons. The number of hydrogen-bond donors (Lipinski definition) is 0. The van der Waals surface area contributed by atoms with Gasteiger partial charge in [-0.25, -0.2) is 0 Å². The minimum atomic E-state index is 0.223. The largest absolute Gasteiger partial charge is 0.0875 e. The van der Waals surface area contributed by atoms with Crippen LogP contribution >= 0.6 is 0 Å². The molecule has 0 nitrogen and oxygen atoms in total. The van der Waals surface area contributed by atoms with Crippen molar-refractivity contribution in [2.24, 2.45) is 22.2 Å². The average molecular weight is 329 g/mol. The molecule has 1 unspecified atom stereocenters. The molecular weight excluding hydrogens is 288 g/mol. The maximum atomic E-state index is 2.47. The van der Waals surface area contributed by atoms with Crippen LogP contribution < -0.4 is 0 Å². The van der Waals surface area contributed by atoms with Crippen LogP contribution in [0.5, 0.6) is 0 Å². The highest BCUT2D eigenvalue weighted by Crippen LogP contribution is 2.53. The van der Waals surface area contributed by atoms with Gasteiger partial charge in [0, 0.05) is 0 Å². The summed E-state index contributed by atoms with van der Waals surface area (Å²) in [7, 11) is 0. The van der Waals surface area contributed by atoms with Gasteiger partial charge in [0.2, 0.25) is 0 Å². The van der Waals surface area contributed by atoms with Crippen molar-refractivity contribution in [3.8, 4) is 0 Å². The van der Waals surface area contributed by atoms with Gasteiger partial charge in [-0.2, -0.15) is 0 Å². The molecule has 0 heterocycles. The Labute approximate surface area is 151 Å². The molecule has 0 aliphatic rings. The second-order valence-corrected chi connectivity index (χ2v) is 10.2. The van der Waals surface area contributed by atoms with Gasteiger partial charge in [0.15, 0.2) is 0 Å². The summed E-state index contributed by atoms with van der Waals surface area (Å²) >= 11 is 0. The molecule has 136 valence electrons. The Balaban J connectivity index is 3.11. The lowest BCUT2D eigenvalue weighted by molar-refractivity contribution is 0.0681. The van der Waals surface area contributed by atoms with Crippen LogP contribution in [0.1, 0.15) is 86.6 Å². The standard InChI is InChI=1S/C24H40/c1-19(2)18-21(20-14-11-10-12-15-20)24(8,9)23(6,7)17-13-16-22(3,4)5/h10-16,19,21H,17-18H2,1-9H3/b16-13+. The summed E-state index contributed by atoms with van der Waals surface area (Å²) in [6.45, 7) is 21.3. The fourth-order valence-electron chi connectivity index (χ4n) is 3.45. The predicted molar refractivity (Wildman–Crippen MR) is 109 cm³/mol. The Morgan fingerprint density at radius 1 is 0.875 bits per heavy atom. The van der Waals surface area contributed by atoms with E-state index >= 15 is 0 Å². The van der Waals surface area contributed by atoms with E-state index in [1.165, 1.54) is 12.0 Å². The molecule has 0 spiro atoms. The first kappa shape index (κ1) is 21.0. The first-order valence-corrected chi connectivity index (χ1v) is 9.59. The van der Waals surface area contributed by atoms with E-state index in [4.69, 9.17) is 0 Å². The third-order valence-corrected chi connectivity index (χ3v) is 5.77. The Bertz CT molecular complexity index is 509. The SMILES string of the molecule is CC(C)CC(c1ccccc1)C(C)(C)C(C)(C)C/C=C/C(C)(C)C. The lowest BCUT2D eigenvalue weighted by atomic mass is 9.57. The Morgan fingerprint density at radius 2 is 1.42 bits per heavy atom. The molecule has 0 aliphatic carbocycles. The minimum Gasteiger partial charge on any atom is -0.0875 e. The highest BCUT2D eigenvalue weighted by Gasteiger charge is 2.42. The second-order valence-electron chi connectivity index (χ2n) is 10.2. The summed E-state index contributed by atoms with van der Waals surface area (Å²) in [5.74, 6) is 1.28. The molecule has 1 aromatic carbocycles. The zero-order valence-corrected chi connectivity index (χ0v) is 17.6. The molecule has 0 aromatic heterocycles. The Morgan fingerprint density at radius 3 is 1.88 bits per heavy atom. The molecule has 0 fully saturated rings. The molecule has 0 aliphatic heterocycles. The molecule has 1 atom stereocenters. The fourth-order valence-corrected chi connectivity index (χ4v) is 3.45. The van der Waals surface area contributed by atoms with E-state index in [2.05, 4.69) is 105 Å². The van der Waals surface area contributed by atoms with E-state index in [9.17, 15) is 0 Å². The fraction of sp³-hybridized carbons (Fsp3) is 0.667. The van der Waals surface area contributed by atoms with Crippen molar-refractivity contribution >= 4 is 0 Å². The van der Waals surface area contributed by atoms with Crippen LogP contribution in [0.4, 0.5) is 0 Å². The van der Waals surface area contributed by atoms with Gasteiger partial charge in [0.25, 0.3) is 0 Å². The molecule has 0 amide bonds. The first-order valence-electron chi connectivity index (χ1n) is 9.59. The molecule has 24 heavy (non-hydrogen) atoms. The van der Waals surface area contributed by atoms with Crippen molar-refractivity contribution in [2.75, 3.05) is 0 Å². The molecular formula is C24H40. The summed E-state index contributed by atoms with van der Waals surface area (Å²) < 4.78 is 0. The van der Waals surface area contributed by atoms with E-state index in [1.807, 2.05) is 0 Å². The van der Waals surface area contributed by atoms with Crippen LogP contribution in [0.3, 0.4) is 0 Å². The van der Waals surface area contributed by atoms with Crippen molar-refractivity contribution in [3.05, 3.63) is 48.0 Å². The van der Waals surface area contributed by atoms with Crippen LogP contribution in [0.25, 0.3) is 0 Å². The lowest BCUT2D eigenvalue weighted by Crippen LogP contribution is -2.38. The number of allylic oxidation sites excluding steroid dienone is 2. The Hall–Kier alpha value is -1.04. The molecule has 0 saturated heterocycles. The predicted octanol–water partition coefficient (Wildman–Crippen LogP) is 7.86.